The molecule has 0 aliphatic rings. The Bertz CT molecular complexity index is 829. The van der Waals surface area contributed by atoms with Crippen LogP contribution in [0, 0.1) is 0 Å². The standard InChI is InChI=1S/C21H21N3OS.ClH/c22-19(13-16-7-3-1-4-8-16)21(25)24-18-11-12-20(23-14-18)26-15-17-9-5-2-6-10-17;/h1-12,14,19H,13,15,22H2,(H,24,25);1H/t19-;/m0./s1. The first-order valence-corrected chi connectivity index (χ1v) is 9.42. The molecule has 27 heavy (non-hydrogen) atoms. The molecule has 1 aromatic heterocycles. The molecule has 1 atom stereocenters. The van der Waals surface area contributed by atoms with E-state index in [1.807, 2.05) is 60.7 Å². The molecule has 0 spiro atoms. The Labute approximate surface area is 170 Å². The monoisotopic (exact) mass is 399 g/mol. The molecule has 2 aromatic carbocycles. The third-order valence-corrected chi connectivity index (χ3v) is 4.88. The van der Waals surface area contributed by atoms with Crippen molar-refractivity contribution in [1.29, 1.82) is 0 Å². The summed E-state index contributed by atoms with van der Waals surface area (Å²) in [6.45, 7) is 0. The molecule has 0 fully saturated rings. The number of carbonyl (C=O) groups excluding carboxylic acids is 1. The number of nitrogens with zero attached hydrogens (tertiary/aromatic N) is 1. The number of carbonyl (C=O) groups is 1. The van der Waals surface area contributed by atoms with E-state index in [0.717, 1.165) is 16.3 Å². The van der Waals surface area contributed by atoms with E-state index in [4.69, 9.17) is 5.73 Å². The fourth-order valence-electron chi connectivity index (χ4n) is 2.47. The molecule has 0 bridgehead atoms. The van der Waals surface area contributed by atoms with Crippen LogP contribution < -0.4 is 11.1 Å². The third kappa shape index (κ3) is 6.71. The van der Waals surface area contributed by atoms with Crippen molar-refractivity contribution in [3.63, 3.8) is 0 Å². The molecule has 4 nitrogen and oxygen atoms in total. The van der Waals surface area contributed by atoms with E-state index < -0.39 is 6.04 Å². The number of benzene rings is 2. The second-order valence-electron chi connectivity index (χ2n) is 5.94. The van der Waals surface area contributed by atoms with E-state index in [0.29, 0.717) is 12.1 Å². The van der Waals surface area contributed by atoms with Crippen LogP contribution in [0.2, 0.25) is 0 Å². The van der Waals surface area contributed by atoms with Gasteiger partial charge in [0.05, 0.1) is 23.0 Å². The van der Waals surface area contributed by atoms with Crippen LogP contribution in [-0.2, 0) is 17.0 Å². The van der Waals surface area contributed by atoms with E-state index in [-0.39, 0.29) is 18.3 Å². The number of hydrogen-bond donors (Lipinski definition) is 2. The van der Waals surface area contributed by atoms with Gasteiger partial charge in [0, 0.05) is 5.75 Å². The predicted molar refractivity (Wildman–Crippen MR) is 114 cm³/mol. The lowest BCUT2D eigenvalue weighted by atomic mass is 10.1. The smallest absolute Gasteiger partial charge is 0.241 e. The van der Waals surface area contributed by atoms with Crippen LogP contribution in [0.3, 0.4) is 0 Å². The maximum absolute atomic E-state index is 12.2. The van der Waals surface area contributed by atoms with Crippen LogP contribution in [0.25, 0.3) is 0 Å². The molecule has 3 aromatic rings. The SMILES string of the molecule is Cl.N[C@@H](Cc1ccccc1)C(=O)Nc1ccc(SCc2ccccc2)nc1. The van der Waals surface area contributed by atoms with Gasteiger partial charge in [0.2, 0.25) is 5.91 Å². The van der Waals surface area contributed by atoms with Gasteiger partial charge in [-0.2, -0.15) is 0 Å². The number of aromatic nitrogens is 1. The summed E-state index contributed by atoms with van der Waals surface area (Å²) in [4.78, 5) is 16.6. The van der Waals surface area contributed by atoms with Gasteiger partial charge in [0.15, 0.2) is 0 Å². The van der Waals surface area contributed by atoms with Gasteiger partial charge >= 0.3 is 0 Å². The van der Waals surface area contributed by atoms with Crippen LogP contribution >= 0.6 is 24.2 Å². The minimum Gasteiger partial charge on any atom is -0.323 e. The maximum Gasteiger partial charge on any atom is 0.241 e. The summed E-state index contributed by atoms with van der Waals surface area (Å²) in [5.74, 6) is 0.655. The largest absolute Gasteiger partial charge is 0.323 e. The number of rotatable bonds is 7. The van der Waals surface area contributed by atoms with Crippen molar-refractivity contribution < 1.29 is 4.79 Å². The second-order valence-corrected chi connectivity index (χ2v) is 6.94. The minimum atomic E-state index is -0.593. The highest BCUT2D eigenvalue weighted by Gasteiger charge is 2.14. The normalized spacial score (nSPS) is 11.3. The zero-order chi connectivity index (χ0) is 18.2. The summed E-state index contributed by atoms with van der Waals surface area (Å²) in [6, 6.07) is 23.2. The zero-order valence-electron chi connectivity index (χ0n) is 14.7. The number of anilines is 1. The molecule has 140 valence electrons. The number of hydrogen-bond acceptors (Lipinski definition) is 4. The highest BCUT2D eigenvalue weighted by Crippen LogP contribution is 2.21. The summed E-state index contributed by atoms with van der Waals surface area (Å²) in [7, 11) is 0. The molecule has 6 heteroatoms. The molecular formula is C21H22ClN3OS. The minimum absolute atomic E-state index is 0. The first-order valence-electron chi connectivity index (χ1n) is 8.44. The van der Waals surface area contributed by atoms with Gasteiger partial charge in [-0.15, -0.1) is 24.2 Å². The van der Waals surface area contributed by atoms with E-state index in [1.165, 1.54) is 5.56 Å². The topological polar surface area (TPSA) is 68.0 Å². The Morgan fingerprint density at radius 2 is 1.59 bits per heavy atom. The van der Waals surface area contributed by atoms with Crippen molar-refractivity contribution in [2.45, 2.75) is 23.2 Å². The Balaban J connectivity index is 0.00000261. The van der Waals surface area contributed by atoms with Gasteiger partial charge in [-0.25, -0.2) is 4.98 Å². The average molecular weight is 400 g/mol. The Morgan fingerprint density at radius 1 is 0.963 bits per heavy atom. The quantitative estimate of drug-likeness (QED) is 0.581. The molecule has 3 N–H and O–H groups in total. The van der Waals surface area contributed by atoms with Crippen LogP contribution in [0.15, 0.2) is 84.0 Å². The van der Waals surface area contributed by atoms with Crippen molar-refractivity contribution >= 4 is 35.8 Å². The summed E-state index contributed by atoms with van der Waals surface area (Å²) < 4.78 is 0. The van der Waals surface area contributed by atoms with Gasteiger partial charge in [0.1, 0.15) is 0 Å². The van der Waals surface area contributed by atoms with Gasteiger partial charge in [0.25, 0.3) is 0 Å². The molecular weight excluding hydrogens is 378 g/mol. The average Bonchev–Trinajstić information content (AvgIpc) is 2.69. The van der Waals surface area contributed by atoms with Crippen LogP contribution in [0.5, 0.6) is 0 Å². The lowest BCUT2D eigenvalue weighted by Gasteiger charge is -2.12. The van der Waals surface area contributed by atoms with Crippen molar-refractivity contribution in [2.24, 2.45) is 5.73 Å². The van der Waals surface area contributed by atoms with E-state index in [1.54, 1.807) is 18.0 Å². The van der Waals surface area contributed by atoms with Crippen molar-refractivity contribution in [1.82, 2.24) is 4.98 Å². The number of thioether (sulfide) groups is 1. The fourth-order valence-corrected chi connectivity index (χ4v) is 3.27. The summed E-state index contributed by atoms with van der Waals surface area (Å²) in [5, 5.41) is 3.74. The molecule has 1 heterocycles. The number of amides is 1. The lowest BCUT2D eigenvalue weighted by molar-refractivity contribution is -0.117. The number of pyridine rings is 1. The summed E-state index contributed by atoms with van der Waals surface area (Å²) in [6.07, 6.45) is 2.17. The Morgan fingerprint density at radius 3 is 2.19 bits per heavy atom. The van der Waals surface area contributed by atoms with E-state index in [9.17, 15) is 4.79 Å². The van der Waals surface area contributed by atoms with Crippen LogP contribution in [0.1, 0.15) is 11.1 Å². The van der Waals surface area contributed by atoms with E-state index >= 15 is 0 Å². The van der Waals surface area contributed by atoms with Gasteiger partial charge in [-0.05, 0) is 29.7 Å². The van der Waals surface area contributed by atoms with Crippen molar-refractivity contribution in [3.05, 3.63) is 90.1 Å². The highest BCUT2D eigenvalue weighted by atomic mass is 35.5. The van der Waals surface area contributed by atoms with Crippen LogP contribution in [-0.4, -0.2) is 16.9 Å². The first-order chi connectivity index (χ1) is 12.7. The molecule has 1 amide bonds. The fraction of sp³-hybridized carbons (Fsp3) is 0.143. The highest BCUT2D eigenvalue weighted by molar-refractivity contribution is 7.98. The molecule has 3 rings (SSSR count). The molecule has 0 aliphatic carbocycles. The third-order valence-electron chi connectivity index (χ3n) is 3.87. The number of nitrogens with one attached hydrogen (secondary N) is 1. The lowest BCUT2D eigenvalue weighted by Crippen LogP contribution is -2.37. The molecule has 0 radical (unpaired) electrons. The van der Waals surface area contributed by atoms with Gasteiger partial charge < -0.3 is 11.1 Å². The molecule has 0 saturated carbocycles. The number of halogens is 1. The zero-order valence-corrected chi connectivity index (χ0v) is 16.4. The first kappa shape index (κ1) is 21.0. The molecule has 0 saturated heterocycles. The van der Waals surface area contributed by atoms with Gasteiger partial charge in [-0.1, -0.05) is 60.7 Å². The molecule has 0 unspecified atom stereocenters. The summed E-state index contributed by atoms with van der Waals surface area (Å²) >= 11 is 1.66. The summed E-state index contributed by atoms with van der Waals surface area (Å²) in [5.41, 5.74) is 8.95. The molecule has 0 aliphatic heterocycles. The predicted octanol–water partition coefficient (Wildman–Crippen LogP) is 4.30. The van der Waals surface area contributed by atoms with Crippen molar-refractivity contribution in [2.75, 3.05) is 5.32 Å². The number of nitrogens with two attached hydrogens (primary N) is 1. The van der Waals surface area contributed by atoms with E-state index in [2.05, 4.69) is 22.4 Å². The van der Waals surface area contributed by atoms with Crippen molar-refractivity contribution in [3.8, 4) is 0 Å². The van der Waals surface area contributed by atoms with Crippen LogP contribution in [0.4, 0.5) is 5.69 Å². The maximum atomic E-state index is 12.2. The Hall–Kier alpha value is -2.34. The Kier molecular flexibility index (Phi) is 8.33. The van der Waals surface area contributed by atoms with Gasteiger partial charge in [-0.3, -0.25) is 4.79 Å². The second kappa shape index (κ2) is 10.7.